The van der Waals surface area contributed by atoms with Crippen LogP contribution in [0, 0.1) is 0 Å². The highest BCUT2D eigenvalue weighted by molar-refractivity contribution is 5.98. The summed E-state index contributed by atoms with van der Waals surface area (Å²) in [6.07, 6.45) is 1.18. The van der Waals surface area contributed by atoms with Gasteiger partial charge in [-0.25, -0.2) is 19.6 Å². The number of nitrogens with zero attached hydrogens (tertiary/aromatic N) is 2. The number of hydrogen-bond donors (Lipinski definition) is 3. The molecule has 3 N–H and O–H groups in total. The van der Waals surface area contributed by atoms with E-state index in [9.17, 15) is 14.7 Å². The zero-order chi connectivity index (χ0) is 18.4. The number of amides is 2. The van der Waals surface area contributed by atoms with Crippen LogP contribution >= 0.6 is 0 Å². The number of nitrogens with one attached hydrogen (secondary N) is 2. The van der Waals surface area contributed by atoms with Gasteiger partial charge in [-0.2, -0.15) is 0 Å². The molecule has 0 aliphatic rings. The normalized spacial score (nSPS) is 10.2. The number of anilines is 1. The zero-order valence-corrected chi connectivity index (χ0v) is 13.7. The largest absolute Gasteiger partial charge is 0.477 e. The molecule has 2 aromatic carbocycles. The number of aromatic nitrogens is 2. The second-order valence-corrected chi connectivity index (χ2v) is 5.42. The number of aromatic carboxylic acids is 1. The second-order valence-electron chi connectivity index (χ2n) is 5.42. The van der Waals surface area contributed by atoms with Crippen molar-refractivity contribution in [3.05, 3.63) is 78.0 Å². The predicted molar refractivity (Wildman–Crippen MR) is 96.7 cm³/mol. The third kappa shape index (κ3) is 4.21. The van der Waals surface area contributed by atoms with Gasteiger partial charge in [0, 0.05) is 18.3 Å². The van der Waals surface area contributed by atoms with Crippen molar-refractivity contribution in [2.45, 2.75) is 6.54 Å². The summed E-state index contributed by atoms with van der Waals surface area (Å²) in [5.74, 6) is -0.950. The molecule has 0 saturated carbocycles. The van der Waals surface area contributed by atoms with Crippen molar-refractivity contribution in [3.8, 4) is 11.4 Å². The average molecular weight is 348 g/mol. The van der Waals surface area contributed by atoms with E-state index in [2.05, 4.69) is 20.6 Å². The van der Waals surface area contributed by atoms with Crippen LogP contribution in [-0.4, -0.2) is 27.1 Å². The molecule has 0 unspecified atom stereocenters. The minimum atomic E-state index is -1.22. The summed E-state index contributed by atoms with van der Waals surface area (Å²) in [6.45, 7) is 0.311. The number of carbonyl (C=O) groups is 2. The van der Waals surface area contributed by atoms with Crippen molar-refractivity contribution in [1.82, 2.24) is 15.3 Å². The van der Waals surface area contributed by atoms with Crippen molar-refractivity contribution >= 4 is 17.8 Å². The zero-order valence-electron chi connectivity index (χ0n) is 13.7. The highest BCUT2D eigenvalue weighted by Gasteiger charge is 2.16. The second kappa shape index (κ2) is 7.89. The molecule has 0 fully saturated rings. The molecule has 3 aromatic rings. The van der Waals surface area contributed by atoms with Crippen molar-refractivity contribution in [1.29, 1.82) is 0 Å². The minimum Gasteiger partial charge on any atom is -0.477 e. The van der Waals surface area contributed by atoms with Crippen molar-refractivity contribution < 1.29 is 14.7 Å². The van der Waals surface area contributed by atoms with E-state index in [4.69, 9.17) is 0 Å². The molecule has 7 heteroatoms. The summed E-state index contributed by atoms with van der Waals surface area (Å²) in [6, 6.07) is 17.9. The number of hydrogen-bond acceptors (Lipinski definition) is 4. The van der Waals surface area contributed by atoms with Gasteiger partial charge in [-0.05, 0) is 5.56 Å². The molecule has 130 valence electrons. The van der Waals surface area contributed by atoms with Crippen LogP contribution in [0.5, 0.6) is 0 Å². The Morgan fingerprint density at radius 2 is 1.62 bits per heavy atom. The van der Waals surface area contributed by atoms with Crippen molar-refractivity contribution in [2.75, 3.05) is 5.32 Å². The SMILES string of the molecule is O=C(NCc1ccccc1)Nc1nc(-c2ccccc2)ncc1C(=O)O. The van der Waals surface area contributed by atoms with Gasteiger partial charge in [0.15, 0.2) is 11.6 Å². The average Bonchev–Trinajstić information content (AvgIpc) is 2.67. The predicted octanol–water partition coefficient (Wildman–Crippen LogP) is 3.16. The van der Waals surface area contributed by atoms with Crippen LogP contribution in [0.3, 0.4) is 0 Å². The molecule has 0 atom stereocenters. The van der Waals surface area contributed by atoms with Crippen molar-refractivity contribution in [3.63, 3.8) is 0 Å². The lowest BCUT2D eigenvalue weighted by Crippen LogP contribution is -2.29. The van der Waals surface area contributed by atoms with Crippen LogP contribution in [0.4, 0.5) is 10.6 Å². The summed E-state index contributed by atoms with van der Waals surface area (Å²) < 4.78 is 0. The van der Waals surface area contributed by atoms with Gasteiger partial charge in [-0.1, -0.05) is 60.7 Å². The summed E-state index contributed by atoms with van der Waals surface area (Å²) in [5, 5.41) is 14.5. The summed E-state index contributed by atoms with van der Waals surface area (Å²) in [4.78, 5) is 31.8. The summed E-state index contributed by atoms with van der Waals surface area (Å²) in [7, 11) is 0. The molecule has 1 heterocycles. The first-order valence-electron chi connectivity index (χ1n) is 7.88. The van der Waals surface area contributed by atoms with Gasteiger partial charge in [0.2, 0.25) is 0 Å². The molecule has 2 amide bonds. The molecule has 0 spiro atoms. The Bertz CT molecular complexity index is 915. The molecule has 26 heavy (non-hydrogen) atoms. The van der Waals surface area contributed by atoms with E-state index in [0.29, 0.717) is 12.4 Å². The molecule has 3 rings (SSSR count). The Labute approximate surface area is 149 Å². The van der Waals surface area contributed by atoms with Gasteiger partial charge in [0.1, 0.15) is 5.56 Å². The molecule has 0 aliphatic heterocycles. The van der Waals surface area contributed by atoms with Gasteiger partial charge in [0.05, 0.1) is 0 Å². The van der Waals surface area contributed by atoms with E-state index in [0.717, 1.165) is 11.1 Å². The minimum absolute atomic E-state index is 0.0584. The number of rotatable bonds is 5. The van der Waals surface area contributed by atoms with E-state index in [1.165, 1.54) is 6.20 Å². The number of carboxylic acids is 1. The lowest BCUT2D eigenvalue weighted by Gasteiger charge is -2.10. The van der Waals surface area contributed by atoms with Crippen LogP contribution in [-0.2, 0) is 6.54 Å². The van der Waals surface area contributed by atoms with Gasteiger partial charge in [-0.15, -0.1) is 0 Å². The number of carboxylic acid groups (broad SMARTS) is 1. The summed E-state index contributed by atoms with van der Waals surface area (Å²) >= 11 is 0. The number of carbonyl (C=O) groups excluding carboxylic acids is 1. The van der Waals surface area contributed by atoms with Crippen molar-refractivity contribution in [2.24, 2.45) is 0 Å². The molecular formula is C19H16N4O3. The smallest absolute Gasteiger partial charge is 0.341 e. The van der Waals surface area contributed by atoms with Gasteiger partial charge in [0.25, 0.3) is 0 Å². The molecule has 0 aliphatic carbocycles. The van der Waals surface area contributed by atoms with E-state index in [1.54, 1.807) is 12.1 Å². The van der Waals surface area contributed by atoms with Crippen LogP contribution in [0.1, 0.15) is 15.9 Å². The van der Waals surface area contributed by atoms with Crippen LogP contribution in [0.2, 0.25) is 0 Å². The van der Waals surface area contributed by atoms with Crippen LogP contribution in [0.15, 0.2) is 66.9 Å². The summed E-state index contributed by atoms with van der Waals surface area (Å²) in [5.41, 5.74) is 1.46. The maximum atomic E-state index is 12.1. The Kier molecular flexibility index (Phi) is 5.19. The highest BCUT2D eigenvalue weighted by Crippen LogP contribution is 2.19. The van der Waals surface area contributed by atoms with Gasteiger partial charge in [-0.3, -0.25) is 5.32 Å². The standard InChI is InChI=1S/C19H16N4O3/c24-18(25)15-12-20-16(14-9-5-2-6-10-14)22-17(15)23-19(26)21-11-13-7-3-1-4-8-13/h1-10,12H,11H2,(H,24,25)(H2,20,21,22,23,26). The molecule has 0 bridgehead atoms. The Morgan fingerprint density at radius 3 is 2.27 bits per heavy atom. The Morgan fingerprint density at radius 1 is 0.962 bits per heavy atom. The molecular weight excluding hydrogens is 332 g/mol. The first-order chi connectivity index (χ1) is 12.6. The fourth-order valence-corrected chi connectivity index (χ4v) is 2.29. The van der Waals surface area contributed by atoms with E-state index < -0.39 is 12.0 Å². The Hall–Kier alpha value is -3.74. The molecule has 1 aromatic heterocycles. The van der Waals surface area contributed by atoms with Crippen LogP contribution < -0.4 is 10.6 Å². The molecule has 7 nitrogen and oxygen atoms in total. The third-order valence-corrected chi connectivity index (χ3v) is 3.58. The van der Waals surface area contributed by atoms with Gasteiger partial charge < -0.3 is 10.4 Å². The third-order valence-electron chi connectivity index (χ3n) is 3.58. The van der Waals surface area contributed by atoms with E-state index >= 15 is 0 Å². The number of benzene rings is 2. The first kappa shape index (κ1) is 17.1. The fraction of sp³-hybridized carbons (Fsp3) is 0.0526. The maximum Gasteiger partial charge on any atom is 0.341 e. The Balaban J connectivity index is 1.78. The van der Waals surface area contributed by atoms with E-state index in [-0.39, 0.29) is 11.4 Å². The first-order valence-corrected chi connectivity index (χ1v) is 7.88. The fourth-order valence-electron chi connectivity index (χ4n) is 2.29. The molecule has 0 saturated heterocycles. The lowest BCUT2D eigenvalue weighted by molar-refractivity contribution is 0.0697. The van der Waals surface area contributed by atoms with Crippen LogP contribution in [0.25, 0.3) is 11.4 Å². The van der Waals surface area contributed by atoms with E-state index in [1.807, 2.05) is 48.5 Å². The topological polar surface area (TPSA) is 104 Å². The quantitative estimate of drug-likeness (QED) is 0.657. The molecule has 0 radical (unpaired) electrons. The maximum absolute atomic E-state index is 12.1. The monoisotopic (exact) mass is 348 g/mol. The van der Waals surface area contributed by atoms with Gasteiger partial charge >= 0.3 is 12.0 Å². The number of urea groups is 1. The lowest BCUT2D eigenvalue weighted by atomic mass is 10.2. The highest BCUT2D eigenvalue weighted by atomic mass is 16.4.